The smallest absolute Gasteiger partial charge is 0.241 e. The van der Waals surface area contributed by atoms with Crippen LogP contribution < -0.4 is 10.6 Å². The largest absolute Gasteiger partial charge is 0.340 e. The first-order valence-electron chi connectivity index (χ1n) is 10.3. The van der Waals surface area contributed by atoms with E-state index in [-0.39, 0.29) is 11.8 Å². The number of carbonyl (C=O) groups is 2. The lowest BCUT2D eigenvalue weighted by Crippen LogP contribution is -2.51. The summed E-state index contributed by atoms with van der Waals surface area (Å²) >= 11 is 0. The number of rotatable bonds is 8. The van der Waals surface area contributed by atoms with Gasteiger partial charge in [-0.2, -0.15) is 0 Å². The van der Waals surface area contributed by atoms with Gasteiger partial charge in [-0.05, 0) is 37.4 Å². The molecule has 1 aromatic carbocycles. The van der Waals surface area contributed by atoms with Crippen molar-refractivity contribution in [1.82, 2.24) is 9.80 Å². The van der Waals surface area contributed by atoms with Gasteiger partial charge in [0.2, 0.25) is 11.8 Å². The number of hydrogen-bond donors (Lipinski definition) is 1. The van der Waals surface area contributed by atoms with Crippen LogP contribution in [-0.4, -0.2) is 67.4 Å². The minimum atomic E-state index is 0.166. The molecule has 0 atom stereocenters. The van der Waals surface area contributed by atoms with Crippen molar-refractivity contribution in [3.63, 3.8) is 0 Å². The van der Waals surface area contributed by atoms with Crippen molar-refractivity contribution in [2.45, 2.75) is 38.5 Å². The Hall–Kier alpha value is -1.92. The maximum atomic E-state index is 12.7. The third-order valence-electron chi connectivity index (χ3n) is 5.62. The molecule has 6 nitrogen and oxygen atoms in total. The maximum Gasteiger partial charge on any atom is 0.241 e. The van der Waals surface area contributed by atoms with Crippen molar-refractivity contribution in [2.75, 3.05) is 50.7 Å². The Labute approximate surface area is 162 Å². The molecule has 1 saturated heterocycles. The normalized spacial score (nSPS) is 17.2. The van der Waals surface area contributed by atoms with Crippen LogP contribution in [0, 0.1) is 0 Å². The first-order chi connectivity index (χ1) is 13.2. The van der Waals surface area contributed by atoms with E-state index in [1.165, 1.54) is 5.56 Å². The number of para-hydroxylation sites is 1. The number of unbranched alkanes of at least 4 members (excludes halogenated alkanes) is 3. The molecule has 2 aliphatic heterocycles. The molecule has 2 heterocycles. The predicted octanol–water partition coefficient (Wildman–Crippen LogP) is 1.63. The Morgan fingerprint density at radius 2 is 1.63 bits per heavy atom. The Balaban J connectivity index is 1.38. The predicted molar refractivity (Wildman–Crippen MR) is 108 cm³/mol. The van der Waals surface area contributed by atoms with Crippen molar-refractivity contribution in [2.24, 2.45) is 5.73 Å². The zero-order valence-electron chi connectivity index (χ0n) is 16.2. The fourth-order valence-corrected chi connectivity index (χ4v) is 3.96. The number of fused-ring (bicyclic) bond motifs is 1. The molecule has 2 N–H and O–H groups in total. The van der Waals surface area contributed by atoms with E-state index in [0.29, 0.717) is 13.0 Å². The van der Waals surface area contributed by atoms with Gasteiger partial charge in [0.25, 0.3) is 0 Å². The molecule has 148 valence electrons. The second-order valence-corrected chi connectivity index (χ2v) is 7.53. The van der Waals surface area contributed by atoms with E-state index in [0.717, 1.165) is 77.1 Å². The third kappa shape index (κ3) is 5.30. The fourth-order valence-electron chi connectivity index (χ4n) is 3.96. The molecule has 3 rings (SSSR count). The van der Waals surface area contributed by atoms with Crippen molar-refractivity contribution >= 4 is 17.5 Å². The van der Waals surface area contributed by atoms with Gasteiger partial charge in [-0.3, -0.25) is 14.5 Å². The monoisotopic (exact) mass is 372 g/mol. The van der Waals surface area contributed by atoms with Crippen molar-refractivity contribution in [3.05, 3.63) is 29.8 Å². The first-order valence-corrected chi connectivity index (χ1v) is 10.3. The molecule has 6 heteroatoms. The molecule has 1 fully saturated rings. The van der Waals surface area contributed by atoms with Gasteiger partial charge in [-0.25, -0.2) is 0 Å². The second kappa shape index (κ2) is 9.85. The summed E-state index contributed by atoms with van der Waals surface area (Å²) in [6.45, 7) is 4.96. The lowest BCUT2D eigenvalue weighted by molar-refractivity contribution is -0.133. The minimum Gasteiger partial charge on any atom is -0.340 e. The lowest BCUT2D eigenvalue weighted by atomic mass is 10.1. The SMILES string of the molecule is NCCCCCCC(=O)N1CCN(CC(=O)N2CCc3ccccc32)CC1. The van der Waals surface area contributed by atoms with Crippen LogP contribution in [0.2, 0.25) is 0 Å². The van der Waals surface area contributed by atoms with Gasteiger partial charge in [0.05, 0.1) is 6.54 Å². The Kier molecular flexibility index (Phi) is 7.24. The van der Waals surface area contributed by atoms with Gasteiger partial charge in [0, 0.05) is 44.8 Å². The van der Waals surface area contributed by atoms with Gasteiger partial charge in [0.1, 0.15) is 0 Å². The third-order valence-corrected chi connectivity index (χ3v) is 5.62. The molecular weight excluding hydrogens is 340 g/mol. The summed E-state index contributed by atoms with van der Waals surface area (Å²) in [6.07, 6.45) is 5.76. The highest BCUT2D eigenvalue weighted by Crippen LogP contribution is 2.27. The van der Waals surface area contributed by atoms with E-state index in [9.17, 15) is 9.59 Å². The van der Waals surface area contributed by atoms with Gasteiger partial charge in [-0.15, -0.1) is 0 Å². The van der Waals surface area contributed by atoms with Gasteiger partial charge in [-0.1, -0.05) is 31.0 Å². The molecule has 1 aromatic rings. The van der Waals surface area contributed by atoms with Crippen molar-refractivity contribution in [3.8, 4) is 0 Å². The number of nitrogens with zero attached hydrogens (tertiary/aromatic N) is 3. The number of anilines is 1. The van der Waals surface area contributed by atoms with Crippen molar-refractivity contribution in [1.29, 1.82) is 0 Å². The molecule has 0 radical (unpaired) electrons. The van der Waals surface area contributed by atoms with Gasteiger partial charge < -0.3 is 15.5 Å². The van der Waals surface area contributed by atoms with E-state index < -0.39 is 0 Å². The van der Waals surface area contributed by atoms with Crippen LogP contribution in [0.1, 0.15) is 37.7 Å². The first kappa shape index (κ1) is 19.8. The van der Waals surface area contributed by atoms with E-state index in [4.69, 9.17) is 5.73 Å². The van der Waals surface area contributed by atoms with E-state index in [1.807, 2.05) is 28.0 Å². The van der Waals surface area contributed by atoms with Crippen LogP contribution in [0.3, 0.4) is 0 Å². The highest BCUT2D eigenvalue weighted by Gasteiger charge is 2.27. The zero-order valence-corrected chi connectivity index (χ0v) is 16.2. The molecule has 2 aliphatic rings. The molecule has 27 heavy (non-hydrogen) atoms. The zero-order chi connectivity index (χ0) is 19.1. The molecule has 0 saturated carbocycles. The Morgan fingerprint density at radius 3 is 2.41 bits per heavy atom. The highest BCUT2D eigenvalue weighted by molar-refractivity contribution is 5.96. The summed E-state index contributed by atoms with van der Waals surface area (Å²) in [7, 11) is 0. The topological polar surface area (TPSA) is 69.9 Å². The summed E-state index contributed by atoms with van der Waals surface area (Å²) in [5, 5.41) is 0. The van der Waals surface area contributed by atoms with Crippen LogP contribution in [0.5, 0.6) is 0 Å². The van der Waals surface area contributed by atoms with E-state index in [1.54, 1.807) is 0 Å². The summed E-state index contributed by atoms with van der Waals surface area (Å²) in [5.74, 6) is 0.418. The van der Waals surface area contributed by atoms with Gasteiger partial charge in [0.15, 0.2) is 0 Å². The van der Waals surface area contributed by atoms with Crippen LogP contribution >= 0.6 is 0 Å². The summed E-state index contributed by atoms with van der Waals surface area (Å²) in [6, 6.07) is 8.15. The average Bonchev–Trinajstić information content (AvgIpc) is 3.12. The molecule has 0 bridgehead atoms. The molecule has 0 unspecified atom stereocenters. The number of hydrogen-bond acceptors (Lipinski definition) is 4. The molecule has 0 aliphatic carbocycles. The van der Waals surface area contributed by atoms with Crippen LogP contribution in [0.15, 0.2) is 24.3 Å². The Morgan fingerprint density at radius 1 is 0.889 bits per heavy atom. The van der Waals surface area contributed by atoms with E-state index >= 15 is 0 Å². The number of benzene rings is 1. The maximum absolute atomic E-state index is 12.7. The quantitative estimate of drug-likeness (QED) is 0.704. The molecule has 2 amide bonds. The van der Waals surface area contributed by atoms with Crippen LogP contribution in [-0.2, 0) is 16.0 Å². The van der Waals surface area contributed by atoms with E-state index in [2.05, 4.69) is 11.0 Å². The average molecular weight is 373 g/mol. The highest BCUT2D eigenvalue weighted by atomic mass is 16.2. The molecular formula is C21H32N4O2. The van der Waals surface area contributed by atoms with Crippen LogP contribution in [0.25, 0.3) is 0 Å². The molecule has 0 spiro atoms. The molecule has 0 aromatic heterocycles. The fraction of sp³-hybridized carbons (Fsp3) is 0.619. The van der Waals surface area contributed by atoms with Gasteiger partial charge >= 0.3 is 0 Å². The summed E-state index contributed by atoms with van der Waals surface area (Å²) in [4.78, 5) is 31.1. The number of amides is 2. The summed E-state index contributed by atoms with van der Waals surface area (Å²) < 4.78 is 0. The summed E-state index contributed by atoms with van der Waals surface area (Å²) in [5.41, 5.74) is 7.81. The minimum absolute atomic E-state index is 0.166. The standard InChI is InChI=1S/C21H32N4O2/c22-11-6-2-1-3-9-20(26)24-15-13-23(14-16-24)17-21(27)25-12-10-18-7-4-5-8-19(18)25/h4-5,7-8H,1-3,6,9-17,22H2. The van der Waals surface area contributed by atoms with Crippen LogP contribution in [0.4, 0.5) is 5.69 Å². The number of carbonyl (C=O) groups excluding carboxylic acids is 2. The lowest BCUT2D eigenvalue weighted by Gasteiger charge is -2.35. The number of nitrogens with two attached hydrogens (primary N) is 1. The van der Waals surface area contributed by atoms with Crippen molar-refractivity contribution < 1.29 is 9.59 Å². The second-order valence-electron chi connectivity index (χ2n) is 7.53. The number of piperazine rings is 1. The Bertz CT molecular complexity index is 641.